The minimum Gasteiger partial charge on any atom is -0.489 e. The van der Waals surface area contributed by atoms with Crippen molar-refractivity contribution in [3.8, 4) is 16.3 Å². The molecule has 1 N–H and O–H groups in total. The molecule has 2 heterocycles. The predicted molar refractivity (Wildman–Crippen MR) is 110 cm³/mol. The van der Waals surface area contributed by atoms with Crippen molar-refractivity contribution in [1.29, 1.82) is 0 Å². The number of ether oxygens (including phenoxy) is 2. The van der Waals surface area contributed by atoms with Crippen LogP contribution in [0.15, 0.2) is 47.8 Å². The van der Waals surface area contributed by atoms with Gasteiger partial charge in [0.1, 0.15) is 34.7 Å². The number of nitrogens with one attached hydrogen (secondary N) is 1. The van der Waals surface area contributed by atoms with Gasteiger partial charge in [-0.1, -0.05) is 0 Å². The first-order chi connectivity index (χ1) is 14.6. The summed E-state index contributed by atoms with van der Waals surface area (Å²) in [5.41, 5.74) is 1.50. The lowest BCUT2D eigenvalue weighted by molar-refractivity contribution is 0.0854. The molecule has 0 aliphatic carbocycles. The molecule has 5 nitrogen and oxygen atoms in total. The van der Waals surface area contributed by atoms with Crippen LogP contribution >= 0.6 is 11.3 Å². The maximum atomic E-state index is 13.7. The number of halogens is 2. The first-order valence-corrected chi connectivity index (χ1v) is 10.5. The Labute approximate surface area is 176 Å². The number of benzene rings is 2. The van der Waals surface area contributed by atoms with Crippen molar-refractivity contribution in [2.45, 2.75) is 25.6 Å². The van der Waals surface area contributed by atoms with Crippen LogP contribution in [0.4, 0.5) is 8.78 Å². The van der Waals surface area contributed by atoms with E-state index in [0.29, 0.717) is 23.0 Å². The smallest absolute Gasteiger partial charge is 0.270 e. The van der Waals surface area contributed by atoms with E-state index in [1.807, 2.05) is 12.1 Å². The van der Waals surface area contributed by atoms with E-state index in [1.165, 1.54) is 23.5 Å². The fourth-order valence-corrected chi connectivity index (χ4v) is 3.91. The van der Waals surface area contributed by atoms with Gasteiger partial charge in [0.05, 0.1) is 6.10 Å². The zero-order valence-electron chi connectivity index (χ0n) is 16.1. The van der Waals surface area contributed by atoms with E-state index in [9.17, 15) is 13.6 Å². The Hall–Kier alpha value is -2.84. The van der Waals surface area contributed by atoms with E-state index in [-0.39, 0.29) is 24.2 Å². The Morgan fingerprint density at radius 3 is 2.80 bits per heavy atom. The van der Waals surface area contributed by atoms with Gasteiger partial charge >= 0.3 is 0 Å². The summed E-state index contributed by atoms with van der Waals surface area (Å²) in [6.07, 6.45) is 2.08. The third-order valence-electron chi connectivity index (χ3n) is 4.76. The summed E-state index contributed by atoms with van der Waals surface area (Å²) in [5, 5.41) is 5.30. The molecule has 1 amide bonds. The average Bonchev–Trinajstić information content (AvgIpc) is 3.44. The van der Waals surface area contributed by atoms with Crippen LogP contribution in [0.2, 0.25) is 0 Å². The molecule has 1 fully saturated rings. The third-order valence-corrected chi connectivity index (χ3v) is 5.65. The molecule has 8 heteroatoms. The summed E-state index contributed by atoms with van der Waals surface area (Å²) < 4.78 is 37.7. The summed E-state index contributed by atoms with van der Waals surface area (Å²) in [4.78, 5) is 16.7. The van der Waals surface area contributed by atoms with Gasteiger partial charge in [-0.15, -0.1) is 11.3 Å². The molecule has 1 saturated heterocycles. The van der Waals surface area contributed by atoms with Crippen LogP contribution in [0.1, 0.15) is 28.9 Å². The molecule has 1 aromatic heterocycles. The van der Waals surface area contributed by atoms with E-state index in [0.717, 1.165) is 31.1 Å². The van der Waals surface area contributed by atoms with Crippen LogP contribution in [0.5, 0.6) is 5.75 Å². The monoisotopic (exact) mass is 430 g/mol. The molecule has 1 aliphatic heterocycles. The zero-order valence-corrected chi connectivity index (χ0v) is 16.9. The minimum atomic E-state index is -0.639. The van der Waals surface area contributed by atoms with Gasteiger partial charge in [-0.2, -0.15) is 0 Å². The molecule has 0 spiro atoms. The number of carbonyl (C=O) groups is 1. The number of amides is 1. The van der Waals surface area contributed by atoms with Gasteiger partial charge in [0.2, 0.25) is 0 Å². The summed E-state index contributed by atoms with van der Waals surface area (Å²) >= 11 is 1.38. The molecule has 2 aromatic carbocycles. The summed E-state index contributed by atoms with van der Waals surface area (Å²) in [7, 11) is 0. The van der Waals surface area contributed by atoms with E-state index in [2.05, 4.69) is 10.3 Å². The van der Waals surface area contributed by atoms with Crippen molar-refractivity contribution in [2.75, 3.05) is 13.2 Å². The first-order valence-electron chi connectivity index (χ1n) is 9.61. The second kappa shape index (κ2) is 9.32. The number of carbonyl (C=O) groups excluding carboxylic acids is 1. The van der Waals surface area contributed by atoms with Gasteiger partial charge in [-0.3, -0.25) is 4.79 Å². The predicted octanol–water partition coefficient (Wildman–Crippen LogP) is 4.58. The molecule has 0 radical (unpaired) electrons. The van der Waals surface area contributed by atoms with E-state index >= 15 is 0 Å². The Morgan fingerprint density at radius 2 is 2.07 bits per heavy atom. The average molecular weight is 430 g/mol. The lowest BCUT2D eigenvalue weighted by atomic mass is 10.2. The second-order valence-corrected chi connectivity index (χ2v) is 7.79. The molecule has 0 bridgehead atoms. The Balaban J connectivity index is 1.34. The number of hydrogen-bond donors (Lipinski definition) is 1. The van der Waals surface area contributed by atoms with Crippen LogP contribution in [0, 0.1) is 11.6 Å². The number of rotatable bonds is 7. The summed E-state index contributed by atoms with van der Waals surface area (Å²) in [6, 6.07) is 10.5. The molecule has 0 saturated carbocycles. The van der Waals surface area contributed by atoms with Crippen LogP contribution in [-0.4, -0.2) is 30.1 Å². The van der Waals surface area contributed by atoms with Crippen molar-refractivity contribution in [1.82, 2.24) is 10.3 Å². The molecule has 4 rings (SSSR count). The van der Waals surface area contributed by atoms with Crippen molar-refractivity contribution >= 4 is 17.2 Å². The standard InChI is InChI=1S/C22H20F2N2O3S/c23-16-6-3-15(19(24)10-16)12-29-17-7-4-14(5-8-17)22-26-20(13-30-22)21(27)25-11-18-2-1-9-28-18/h3-8,10,13,18H,1-2,9,11-12H2,(H,25,27). The minimum absolute atomic E-state index is 0.00224. The normalized spacial score (nSPS) is 15.9. The highest BCUT2D eigenvalue weighted by atomic mass is 32.1. The van der Waals surface area contributed by atoms with E-state index in [1.54, 1.807) is 17.5 Å². The Kier molecular flexibility index (Phi) is 6.35. The molecular weight excluding hydrogens is 410 g/mol. The highest BCUT2D eigenvalue weighted by Crippen LogP contribution is 2.26. The lowest BCUT2D eigenvalue weighted by Crippen LogP contribution is -2.31. The highest BCUT2D eigenvalue weighted by Gasteiger charge is 2.18. The molecule has 1 atom stereocenters. The van der Waals surface area contributed by atoms with Crippen molar-refractivity contribution in [3.63, 3.8) is 0 Å². The molecule has 1 unspecified atom stereocenters. The van der Waals surface area contributed by atoms with Crippen LogP contribution in [-0.2, 0) is 11.3 Å². The second-order valence-electron chi connectivity index (χ2n) is 6.93. The maximum Gasteiger partial charge on any atom is 0.270 e. The Morgan fingerprint density at radius 1 is 1.23 bits per heavy atom. The van der Waals surface area contributed by atoms with Crippen LogP contribution in [0.25, 0.3) is 10.6 Å². The largest absolute Gasteiger partial charge is 0.489 e. The number of thiazole rings is 1. The third kappa shape index (κ3) is 5.01. The maximum absolute atomic E-state index is 13.7. The number of aromatic nitrogens is 1. The lowest BCUT2D eigenvalue weighted by Gasteiger charge is -2.09. The van der Waals surface area contributed by atoms with Gasteiger partial charge in [-0.25, -0.2) is 13.8 Å². The fourth-order valence-electron chi connectivity index (χ4n) is 3.11. The fraction of sp³-hybridized carbons (Fsp3) is 0.273. The van der Waals surface area contributed by atoms with Gasteiger partial charge in [0, 0.05) is 35.7 Å². The molecule has 3 aromatic rings. The van der Waals surface area contributed by atoms with Gasteiger partial charge < -0.3 is 14.8 Å². The highest BCUT2D eigenvalue weighted by molar-refractivity contribution is 7.13. The zero-order chi connectivity index (χ0) is 20.9. The van der Waals surface area contributed by atoms with Crippen molar-refractivity contribution in [2.24, 2.45) is 0 Å². The van der Waals surface area contributed by atoms with Gasteiger partial charge in [0.15, 0.2) is 0 Å². The molecule has 156 valence electrons. The summed E-state index contributed by atoms with van der Waals surface area (Å²) in [6.45, 7) is 1.24. The summed E-state index contributed by atoms with van der Waals surface area (Å²) in [5.74, 6) is -0.925. The number of hydrogen-bond acceptors (Lipinski definition) is 5. The molecular formula is C22H20F2N2O3S. The van der Waals surface area contributed by atoms with Gasteiger partial charge in [0.25, 0.3) is 5.91 Å². The number of nitrogens with zero attached hydrogens (tertiary/aromatic N) is 1. The Bertz CT molecular complexity index is 1020. The van der Waals surface area contributed by atoms with E-state index in [4.69, 9.17) is 9.47 Å². The van der Waals surface area contributed by atoms with Crippen molar-refractivity contribution < 1.29 is 23.0 Å². The van der Waals surface area contributed by atoms with Gasteiger partial charge in [-0.05, 0) is 49.2 Å². The van der Waals surface area contributed by atoms with Crippen LogP contribution in [0.3, 0.4) is 0 Å². The van der Waals surface area contributed by atoms with Crippen molar-refractivity contribution in [3.05, 3.63) is 70.7 Å². The topological polar surface area (TPSA) is 60.5 Å². The quantitative estimate of drug-likeness (QED) is 0.596. The molecule has 1 aliphatic rings. The van der Waals surface area contributed by atoms with E-state index < -0.39 is 11.6 Å². The molecule has 30 heavy (non-hydrogen) atoms. The first kappa shape index (κ1) is 20.4. The van der Waals surface area contributed by atoms with Crippen LogP contribution < -0.4 is 10.1 Å². The SMILES string of the molecule is O=C(NCC1CCCO1)c1csc(-c2ccc(OCc3ccc(F)cc3F)cc2)n1.